The van der Waals surface area contributed by atoms with Gasteiger partial charge in [0.25, 0.3) is 0 Å². The van der Waals surface area contributed by atoms with Crippen LogP contribution in [-0.2, 0) is 9.47 Å². The standard InChI is InChI=1S/C19H33N3O3/c1-4-20-19(21-11-7-13-24-16-15-23-3)22-12-8-14-25-18-10-6-5-9-17(18)2/h5-6,9-10H,4,7-8,11-16H2,1-3H3,(H2,20,21,22). The van der Waals surface area contributed by atoms with E-state index in [4.69, 9.17) is 14.2 Å². The first-order chi connectivity index (χ1) is 12.3. The average molecular weight is 351 g/mol. The molecule has 1 rings (SSSR count). The molecule has 0 spiro atoms. The Balaban J connectivity index is 2.16. The van der Waals surface area contributed by atoms with Crippen molar-refractivity contribution in [3.63, 3.8) is 0 Å². The lowest BCUT2D eigenvalue weighted by Gasteiger charge is -2.12. The van der Waals surface area contributed by atoms with Gasteiger partial charge >= 0.3 is 0 Å². The summed E-state index contributed by atoms with van der Waals surface area (Å²) in [5.41, 5.74) is 1.16. The van der Waals surface area contributed by atoms with Gasteiger partial charge in [0, 0.05) is 39.8 Å². The molecule has 25 heavy (non-hydrogen) atoms. The number of ether oxygens (including phenoxy) is 3. The van der Waals surface area contributed by atoms with Gasteiger partial charge in [-0.3, -0.25) is 4.99 Å². The van der Waals surface area contributed by atoms with E-state index in [2.05, 4.69) is 35.5 Å². The molecule has 0 aromatic heterocycles. The minimum absolute atomic E-state index is 0.641. The molecule has 0 radical (unpaired) electrons. The van der Waals surface area contributed by atoms with Gasteiger partial charge in [-0.25, -0.2) is 0 Å². The van der Waals surface area contributed by atoms with Crippen molar-refractivity contribution < 1.29 is 14.2 Å². The van der Waals surface area contributed by atoms with Crippen molar-refractivity contribution in [2.75, 3.05) is 53.2 Å². The minimum atomic E-state index is 0.641. The zero-order chi connectivity index (χ0) is 18.2. The van der Waals surface area contributed by atoms with E-state index in [0.717, 1.165) is 56.4 Å². The molecule has 0 aliphatic carbocycles. The van der Waals surface area contributed by atoms with Crippen LogP contribution in [-0.4, -0.2) is 59.1 Å². The van der Waals surface area contributed by atoms with E-state index in [1.807, 2.05) is 18.2 Å². The second-order valence-electron chi connectivity index (χ2n) is 5.61. The zero-order valence-electron chi connectivity index (χ0n) is 15.8. The molecule has 6 nitrogen and oxygen atoms in total. The van der Waals surface area contributed by atoms with Crippen LogP contribution in [0.5, 0.6) is 5.75 Å². The molecule has 1 aromatic carbocycles. The Kier molecular flexibility index (Phi) is 12.4. The lowest BCUT2D eigenvalue weighted by atomic mass is 10.2. The number of methoxy groups -OCH3 is 1. The predicted molar refractivity (Wildman–Crippen MR) is 103 cm³/mol. The number of rotatable bonds is 13. The van der Waals surface area contributed by atoms with E-state index in [0.29, 0.717) is 19.8 Å². The first kappa shape index (κ1) is 21.3. The van der Waals surface area contributed by atoms with Crippen LogP contribution in [0.15, 0.2) is 29.3 Å². The number of nitrogens with one attached hydrogen (secondary N) is 2. The van der Waals surface area contributed by atoms with Gasteiger partial charge in [0.05, 0.1) is 19.8 Å². The molecular weight excluding hydrogens is 318 g/mol. The number of benzene rings is 1. The van der Waals surface area contributed by atoms with Crippen LogP contribution >= 0.6 is 0 Å². The second-order valence-corrected chi connectivity index (χ2v) is 5.61. The molecule has 0 unspecified atom stereocenters. The van der Waals surface area contributed by atoms with Crippen LogP contribution in [0.1, 0.15) is 25.3 Å². The topological polar surface area (TPSA) is 64.1 Å². The van der Waals surface area contributed by atoms with E-state index >= 15 is 0 Å². The second kappa shape index (κ2) is 14.5. The summed E-state index contributed by atoms with van der Waals surface area (Å²) in [5, 5.41) is 6.56. The molecule has 0 atom stereocenters. The third-order valence-electron chi connectivity index (χ3n) is 3.46. The fourth-order valence-electron chi connectivity index (χ4n) is 2.12. The molecule has 0 aliphatic heterocycles. The first-order valence-corrected chi connectivity index (χ1v) is 9.05. The molecule has 0 bridgehead atoms. The van der Waals surface area contributed by atoms with E-state index in [-0.39, 0.29) is 0 Å². The van der Waals surface area contributed by atoms with Crippen LogP contribution in [0, 0.1) is 6.92 Å². The highest BCUT2D eigenvalue weighted by atomic mass is 16.5. The Hall–Kier alpha value is -1.79. The SMILES string of the molecule is CCNC(=NCCCOc1ccccc1C)NCCCOCCOC. The fraction of sp³-hybridized carbons (Fsp3) is 0.632. The smallest absolute Gasteiger partial charge is 0.191 e. The van der Waals surface area contributed by atoms with Crippen LogP contribution in [0.3, 0.4) is 0 Å². The van der Waals surface area contributed by atoms with E-state index < -0.39 is 0 Å². The molecule has 0 fully saturated rings. The highest BCUT2D eigenvalue weighted by Crippen LogP contribution is 2.16. The molecule has 0 amide bonds. The number of hydrogen-bond acceptors (Lipinski definition) is 4. The van der Waals surface area contributed by atoms with E-state index in [1.165, 1.54) is 0 Å². The molecule has 142 valence electrons. The molecule has 6 heteroatoms. The van der Waals surface area contributed by atoms with Crippen molar-refractivity contribution >= 4 is 5.96 Å². The Labute approximate surface area is 152 Å². The number of para-hydroxylation sites is 1. The average Bonchev–Trinajstić information content (AvgIpc) is 2.62. The van der Waals surface area contributed by atoms with Gasteiger partial charge in [-0.05, 0) is 31.9 Å². The molecule has 2 N–H and O–H groups in total. The molecule has 0 saturated carbocycles. The summed E-state index contributed by atoms with van der Waals surface area (Å²) in [7, 11) is 1.68. The summed E-state index contributed by atoms with van der Waals surface area (Å²) >= 11 is 0. The monoisotopic (exact) mass is 351 g/mol. The van der Waals surface area contributed by atoms with Gasteiger partial charge in [0.15, 0.2) is 5.96 Å². The normalized spacial score (nSPS) is 11.4. The summed E-state index contributed by atoms with van der Waals surface area (Å²) in [6.07, 6.45) is 1.82. The minimum Gasteiger partial charge on any atom is -0.493 e. The highest BCUT2D eigenvalue weighted by Gasteiger charge is 1.99. The maximum Gasteiger partial charge on any atom is 0.191 e. The Morgan fingerprint density at radius 3 is 2.64 bits per heavy atom. The van der Waals surface area contributed by atoms with Crippen molar-refractivity contribution in [3.8, 4) is 5.75 Å². The molecule has 0 heterocycles. The molecule has 0 aliphatic rings. The van der Waals surface area contributed by atoms with Crippen molar-refractivity contribution in [2.24, 2.45) is 4.99 Å². The maximum absolute atomic E-state index is 5.79. The molecule has 1 aromatic rings. The third-order valence-corrected chi connectivity index (χ3v) is 3.46. The molecular formula is C19H33N3O3. The third kappa shape index (κ3) is 10.6. The highest BCUT2D eigenvalue weighted by molar-refractivity contribution is 5.79. The van der Waals surface area contributed by atoms with Gasteiger partial charge < -0.3 is 24.8 Å². The van der Waals surface area contributed by atoms with Crippen molar-refractivity contribution in [1.82, 2.24) is 10.6 Å². The number of nitrogens with zero attached hydrogens (tertiary/aromatic N) is 1. The summed E-state index contributed by atoms with van der Waals surface area (Å²) in [4.78, 5) is 4.57. The van der Waals surface area contributed by atoms with Crippen LogP contribution in [0.4, 0.5) is 0 Å². The van der Waals surface area contributed by atoms with Crippen molar-refractivity contribution in [3.05, 3.63) is 29.8 Å². The van der Waals surface area contributed by atoms with Crippen molar-refractivity contribution in [2.45, 2.75) is 26.7 Å². The maximum atomic E-state index is 5.79. The summed E-state index contributed by atoms with van der Waals surface area (Å²) in [6.45, 7) is 9.20. The summed E-state index contributed by atoms with van der Waals surface area (Å²) in [6, 6.07) is 8.06. The number of hydrogen-bond donors (Lipinski definition) is 2. The van der Waals surface area contributed by atoms with Crippen LogP contribution in [0.2, 0.25) is 0 Å². The Morgan fingerprint density at radius 2 is 1.88 bits per heavy atom. The van der Waals surface area contributed by atoms with Gasteiger partial charge in [0.2, 0.25) is 0 Å². The van der Waals surface area contributed by atoms with Crippen molar-refractivity contribution in [1.29, 1.82) is 0 Å². The van der Waals surface area contributed by atoms with Gasteiger partial charge in [-0.15, -0.1) is 0 Å². The van der Waals surface area contributed by atoms with E-state index in [9.17, 15) is 0 Å². The number of guanidine groups is 1. The summed E-state index contributed by atoms with van der Waals surface area (Å²) in [5.74, 6) is 1.79. The zero-order valence-corrected chi connectivity index (χ0v) is 15.8. The van der Waals surface area contributed by atoms with E-state index in [1.54, 1.807) is 7.11 Å². The van der Waals surface area contributed by atoms with Crippen LogP contribution < -0.4 is 15.4 Å². The van der Waals surface area contributed by atoms with Gasteiger partial charge in [-0.1, -0.05) is 18.2 Å². The largest absolute Gasteiger partial charge is 0.493 e. The van der Waals surface area contributed by atoms with Crippen LogP contribution in [0.25, 0.3) is 0 Å². The predicted octanol–water partition coefficient (Wildman–Crippen LogP) is 2.37. The quantitative estimate of drug-likeness (QED) is 0.324. The lowest BCUT2D eigenvalue weighted by molar-refractivity contribution is 0.0698. The Morgan fingerprint density at radius 1 is 1.04 bits per heavy atom. The Bertz CT molecular complexity index is 481. The number of aryl methyl sites for hydroxylation is 1. The fourth-order valence-corrected chi connectivity index (χ4v) is 2.12. The van der Waals surface area contributed by atoms with Gasteiger partial charge in [0.1, 0.15) is 5.75 Å². The molecule has 0 saturated heterocycles. The lowest BCUT2D eigenvalue weighted by Crippen LogP contribution is -2.38. The number of aliphatic imine (C=N–C) groups is 1. The summed E-state index contributed by atoms with van der Waals surface area (Å²) < 4.78 is 16.2. The first-order valence-electron chi connectivity index (χ1n) is 9.05. The van der Waals surface area contributed by atoms with Gasteiger partial charge in [-0.2, -0.15) is 0 Å².